The Hall–Kier alpha value is -4.25. The lowest BCUT2D eigenvalue weighted by molar-refractivity contribution is 0.0220. The van der Waals surface area contributed by atoms with Crippen LogP contribution in [0.15, 0.2) is 48.8 Å². The average molecular weight is 558 g/mol. The molecule has 11 nitrogen and oxygen atoms in total. The van der Waals surface area contributed by atoms with Crippen molar-refractivity contribution >= 4 is 29.3 Å². The molecule has 2 unspecified atom stereocenters. The molecule has 3 amide bonds. The molecule has 11 heteroatoms. The number of aromatic nitrogens is 3. The number of hydrogen-bond donors (Lipinski definition) is 2. The molecule has 3 aliphatic heterocycles. The Balaban J connectivity index is 1.26. The molecule has 0 aliphatic carbocycles. The third kappa shape index (κ3) is 6.25. The molecule has 41 heavy (non-hydrogen) atoms. The zero-order valence-electron chi connectivity index (χ0n) is 23.6. The lowest BCUT2D eigenvalue weighted by Crippen LogP contribution is -2.45. The van der Waals surface area contributed by atoms with E-state index in [2.05, 4.69) is 20.5 Å². The standard InChI is InChI=1S/C30H35N7O4/c1-30(2,3)41-29(39)36-15-12-24-25(18-36)34-26(35-27(24)37-16-22-8-9-23(17-37)40-22)19-4-6-20(7-5-19)32-28(38)33-21-10-13-31-14-11-21/h4-7,10-11,13-14,22-23H,8-9,12,15-18H2,1-3H3,(H2,31,32,33,38). The largest absolute Gasteiger partial charge is 0.444 e. The summed E-state index contributed by atoms with van der Waals surface area (Å²) in [7, 11) is 0. The van der Waals surface area contributed by atoms with E-state index < -0.39 is 5.60 Å². The van der Waals surface area contributed by atoms with E-state index >= 15 is 0 Å². The maximum absolute atomic E-state index is 12.9. The van der Waals surface area contributed by atoms with Gasteiger partial charge in [0.2, 0.25) is 0 Å². The molecular formula is C30H35N7O4. The molecule has 2 saturated heterocycles. The lowest BCUT2D eigenvalue weighted by Gasteiger charge is -2.37. The van der Waals surface area contributed by atoms with E-state index in [4.69, 9.17) is 19.4 Å². The van der Waals surface area contributed by atoms with Gasteiger partial charge >= 0.3 is 12.1 Å². The average Bonchev–Trinajstić information content (AvgIpc) is 3.29. The van der Waals surface area contributed by atoms with Crippen LogP contribution in [0.25, 0.3) is 11.4 Å². The van der Waals surface area contributed by atoms with Crippen molar-refractivity contribution in [2.45, 2.75) is 64.4 Å². The van der Waals surface area contributed by atoms with Crippen molar-refractivity contribution in [2.24, 2.45) is 0 Å². The molecule has 3 aromatic rings. The number of amides is 3. The second kappa shape index (κ2) is 11.0. The molecule has 1 aromatic carbocycles. The number of ether oxygens (including phenoxy) is 2. The van der Waals surface area contributed by atoms with Crippen molar-refractivity contribution in [3.63, 3.8) is 0 Å². The predicted octanol–water partition coefficient (Wildman–Crippen LogP) is 4.84. The number of rotatable bonds is 4. The zero-order valence-corrected chi connectivity index (χ0v) is 23.6. The second-order valence-corrected chi connectivity index (χ2v) is 11.7. The van der Waals surface area contributed by atoms with Crippen molar-refractivity contribution < 1.29 is 19.1 Å². The normalized spacial score (nSPS) is 19.9. The van der Waals surface area contributed by atoms with Gasteiger partial charge in [-0.25, -0.2) is 19.6 Å². The van der Waals surface area contributed by atoms with Crippen LogP contribution in [-0.4, -0.2) is 69.4 Å². The monoisotopic (exact) mass is 557 g/mol. The third-order valence-corrected chi connectivity index (χ3v) is 7.38. The van der Waals surface area contributed by atoms with Crippen LogP contribution < -0.4 is 15.5 Å². The minimum Gasteiger partial charge on any atom is -0.444 e. The molecule has 2 bridgehead atoms. The topological polar surface area (TPSA) is 122 Å². The molecule has 0 saturated carbocycles. The Labute approximate surface area is 239 Å². The first kappa shape index (κ1) is 26.9. The summed E-state index contributed by atoms with van der Waals surface area (Å²) in [4.78, 5) is 43.3. The summed E-state index contributed by atoms with van der Waals surface area (Å²) >= 11 is 0. The highest BCUT2D eigenvalue weighted by Gasteiger charge is 2.37. The molecule has 0 radical (unpaired) electrons. The number of fused-ring (bicyclic) bond motifs is 3. The van der Waals surface area contributed by atoms with Crippen LogP contribution in [0.2, 0.25) is 0 Å². The number of benzene rings is 1. The van der Waals surface area contributed by atoms with Crippen molar-refractivity contribution in [1.82, 2.24) is 19.9 Å². The molecule has 2 atom stereocenters. The summed E-state index contributed by atoms with van der Waals surface area (Å²) in [5.41, 5.74) is 3.46. The number of carbonyl (C=O) groups is 2. The number of urea groups is 1. The summed E-state index contributed by atoms with van der Waals surface area (Å²) in [5, 5.41) is 5.63. The van der Waals surface area contributed by atoms with Gasteiger partial charge in [0.1, 0.15) is 11.4 Å². The van der Waals surface area contributed by atoms with E-state index in [1.165, 1.54) is 0 Å². The van der Waals surface area contributed by atoms with Gasteiger partial charge in [-0.15, -0.1) is 0 Å². The molecular weight excluding hydrogens is 522 g/mol. The smallest absolute Gasteiger partial charge is 0.410 e. The summed E-state index contributed by atoms with van der Waals surface area (Å²) in [6.07, 6.45) is 6.12. The Kier molecular flexibility index (Phi) is 7.21. The van der Waals surface area contributed by atoms with Crippen LogP contribution in [0.3, 0.4) is 0 Å². The van der Waals surface area contributed by atoms with Crippen LogP contribution in [0, 0.1) is 0 Å². The highest BCUT2D eigenvalue weighted by molar-refractivity contribution is 5.99. The van der Waals surface area contributed by atoms with Gasteiger partial charge in [0, 0.05) is 54.5 Å². The van der Waals surface area contributed by atoms with Gasteiger partial charge in [-0.1, -0.05) is 0 Å². The van der Waals surface area contributed by atoms with E-state index in [1.54, 1.807) is 29.4 Å². The molecule has 214 valence electrons. The van der Waals surface area contributed by atoms with Crippen LogP contribution >= 0.6 is 0 Å². The number of morpholine rings is 1. The van der Waals surface area contributed by atoms with E-state index in [0.29, 0.717) is 36.7 Å². The molecule has 6 rings (SSSR count). The predicted molar refractivity (Wildman–Crippen MR) is 155 cm³/mol. The van der Waals surface area contributed by atoms with Gasteiger partial charge < -0.3 is 29.9 Å². The number of nitrogens with zero attached hydrogens (tertiary/aromatic N) is 5. The maximum atomic E-state index is 12.9. The SMILES string of the molecule is CC(C)(C)OC(=O)N1CCc2c(nc(-c3ccc(NC(=O)Nc4ccncc4)cc3)nc2N2CC3CCC(C2)O3)C1. The van der Waals surface area contributed by atoms with Gasteiger partial charge in [0.15, 0.2) is 5.82 Å². The minimum absolute atomic E-state index is 0.216. The van der Waals surface area contributed by atoms with Crippen LogP contribution in [-0.2, 0) is 22.4 Å². The fraction of sp³-hybridized carbons (Fsp3) is 0.433. The van der Waals surface area contributed by atoms with Gasteiger partial charge in [0.05, 0.1) is 24.4 Å². The Morgan fingerprint density at radius 3 is 2.27 bits per heavy atom. The van der Waals surface area contributed by atoms with Gasteiger partial charge in [0.25, 0.3) is 0 Å². The van der Waals surface area contributed by atoms with Crippen molar-refractivity contribution in [1.29, 1.82) is 0 Å². The lowest BCUT2D eigenvalue weighted by atomic mass is 10.0. The van der Waals surface area contributed by atoms with Gasteiger partial charge in [-0.2, -0.15) is 0 Å². The third-order valence-electron chi connectivity index (χ3n) is 7.38. The Morgan fingerprint density at radius 2 is 1.61 bits per heavy atom. The minimum atomic E-state index is -0.572. The summed E-state index contributed by atoms with van der Waals surface area (Å²) in [6, 6.07) is 10.5. The van der Waals surface area contributed by atoms with Crippen LogP contribution in [0.1, 0.15) is 44.9 Å². The fourth-order valence-corrected chi connectivity index (χ4v) is 5.50. The summed E-state index contributed by atoms with van der Waals surface area (Å²) in [5.74, 6) is 1.50. The summed E-state index contributed by atoms with van der Waals surface area (Å²) in [6.45, 7) is 8.12. The van der Waals surface area contributed by atoms with E-state index in [1.807, 2.05) is 45.0 Å². The zero-order chi connectivity index (χ0) is 28.6. The number of hydrogen-bond acceptors (Lipinski definition) is 8. The fourth-order valence-electron chi connectivity index (χ4n) is 5.50. The first-order valence-corrected chi connectivity index (χ1v) is 14.1. The number of nitrogens with one attached hydrogen (secondary N) is 2. The van der Waals surface area contributed by atoms with Gasteiger partial charge in [-0.05, 0) is 76.4 Å². The number of anilines is 3. The van der Waals surface area contributed by atoms with Crippen molar-refractivity contribution in [3.05, 3.63) is 60.0 Å². The first-order chi connectivity index (χ1) is 19.7. The molecule has 3 aliphatic rings. The maximum Gasteiger partial charge on any atom is 0.410 e. The highest BCUT2D eigenvalue weighted by atomic mass is 16.6. The van der Waals surface area contributed by atoms with Crippen LogP contribution in [0.4, 0.5) is 26.8 Å². The molecule has 5 heterocycles. The van der Waals surface area contributed by atoms with Crippen LogP contribution in [0.5, 0.6) is 0 Å². The van der Waals surface area contributed by atoms with E-state index in [-0.39, 0.29) is 24.3 Å². The van der Waals surface area contributed by atoms with E-state index in [0.717, 1.165) is 48.6 Å². The van der Waals surface area contributed by atoms with Crippen molar-refractivity contribution in [2.75, 3.05) is 35.2 Å². The van der Waals surface area contributed by atoms with Crippen molar-refractivity contribution in [3.8, 4) is 11.4 Å². The Bertz CT molecular complexity index is 1410. The molecule has 0 spiro atoms. The number of carbonyl (C=O) groups excluding carboxylic acids is 2. The first-order valence-electron chi connectivity index (χ1n) is 14.1. The molecule has 2 fully saturated rings. The molecule has 2 N–H and O–H groups in total. The second-order valence-electron chi connectivity index (χ2n) is 11.7. The quantitative estimate of drug-likeness (QED) is 0.467. The highest BCUT2D eigenvalue weighted by Crippen LogP contribution is 2.35. The van der Waals surface area contributed by atoms with Gasteiger partial charge in [-0.3, -0.25) is 4.98 Å². The number of pyridine rings is 1. The molecule has 2 aromatic heterocycles. The summed E-state index contributed by atoms with van der Waals surface area (Å²) < 4.78 is 11.7. The van der Waals surface area contributed by atoms with E-state index in [9.17, 15) is 9.59 Å². The Morgan fingerprint density at radius 1 is 0.951 bits per heavy atom.